The molecule has 1 aromatic carbocycles. The Hall–Kier alpha value is -3.06. The van der Waals surface area contributed by atoms with Gasteiger partial charge in [-0.1, -0.05) is 12.1 Å². The summed E-state index contributed by atoms with van der Waals surface area (Å²) in [5.41, 5.74) is -0.629. The van der Waals surface area contributed by atoms with Gasteiger partial charge in [-0.25, -0.2) is 13.9 Å². The van der Waals surface area contributed by atoms with Gasteiger partial charge in [0.05, 0.1) is 6.54 Å². The molecule has 1 saturated carbocycles. The van der Waals surface area contributed by atoms with Gasteiger partial charge in [0.2, 0.25) is 0 Å². The van der Waals surface area contributed by atoms with Crippen molar-refractivity contribution in [3.63, 3.8) is 0 Å². The summed E-state index contributed by atoms with van der Waals surface area (Å²) in [5.74, 6) is -2.00. The van der Waals surface area contributed by atoms with E-state index in [9.17, 15) is 27.2 Å². The molecule has 1 atom stereocenters. The van der Waals surface area contributed by atoms with Crippen LogP contribution in [0.5, 0.6) is 0 Å². The fraction of sp³-hybridized carbons (Fsp3) is 0.545. The molecule has 0 bridgehead atoms. The number of carboxylic acid groups (broad SMARTS) is 1. The van der Waals surface area contributed by atoms with Crippen LogP contribution in [0.2, 0.25) is 0 Å². The van der Waals surface area contributed by atoms with Gasteiger partial charge in [0, 0.05) is 26.2 Å². The van der Waals surface area contributed by atoms with E-state index in [-0.39, 0.29) is 12.4 Å². The smallest absolute Gasteiger partial charge is 0.475 e. The van der Waals surface area contributed by atoms with E-state index in [4.69, 9.17) is 14.6 Å². The van der Waals surface area contributed by atoms with Crippen molar-refractivity contribution in [2.45, 2.75) is 57.3 Å². The molecule has 3 heterocycles. The normalized spacial score (nSPS) is 21.9. The molecule has 2 fully saturated rings. The minimum absolute atomic E-state index is 0.230. The van der Waals surface area contributed by atoms with Crippen molar-refractivity contribution in [2.75, 3.05) is 13.1 Å². The minimum Gasteiger partial charge on any atom is -0.475 e. The standard InChI is InChI=1S/C20H23FN4O3.C2HF3O2/c21-16-3-1-2-15(8-16)9-23-7-6-20(12-23)13-24-17(11-28-20)22-25(10-14-4-5-14)19(27)18(24)26;3-2(4,5)1(6)7/h1-3,8,14H,4-7,9-13H2;(H,6,7). The summed E-state index contributed by atoms with van der Waals surface area (Å²) in [7, 11) is 0. The first-order chi connectivity index (χ1) is 16.5. The van der Waals surface area contributed by atoms with Gasteiger partial charge in [-0.3, -0.25) is 19.1 Å². The number of carboxylic acids is 1. The number of nitrogens with zero attached hydrogens (tertiary/aromatic N) is 4. The molecule has 2 aliphatic heterocycles. The molecule has 3 aliphatic rings. The number of rotatable bonds is 4. The van der Waals surface area contributed by atoms with Gasteiger partial charge in [-0.15, -0.1) is 0 Å². The highest BCUT2D eigenvalue weighted by Crippen LogP contribution is 2.32. The lowest BCUT2D eigenvalue weighted by atomic mass is 10.0. The molecule has 5 rings (SSSR count). The molecular formula is C22H24F4N4O5. The van der Waals surface area contributed by atoms with Crippen LogP contribution >= 0.6 is 0 Å². The Labute approximate surface area is 196 Å². The zero-order valence-electron chi connectivity index (χ0n) is 18.6. The molecule has 1 saturated heterocycles. The molecule has 9 nitrogen and oxygen atoms in total. The van der Waals surface area contributed by atoms with Gasteiger partial charge >= 0.3 is 23.3 Å². The van der Waals surface area contributed by atoms with Gasteiger partial charge in [0.1, 0.15) is 18.0 Å². The Balaban J connectivity index is 0.000000364. The fourth-order valence-corrected chi connectivity index (χ4v) is 4.27. The van der Waals surface area contributed by atoms with Crippen molar-refractivity contribution in [1.82, 2.24) is 19.2 Å². The highest BCUT2D eigenvalue weighted by Gasteiger charge is 2.43. The van der Waals surface area contributed by atoms with Crippen LogP contribution in [0, 0.1) is 11.7 Å². The summed E-state index contributed by atoms with van der Waals surface area (Å²) in [4.78, 5) is 36.2. The molecule has 1 unspecified atom stereocenters. The lowest BCUT2D eigenvalue weighted by molar-refractivity contribution is -0.192. The van der Waals surface area contributed by atoms with Gasteiger partial charge in [0.25, 0.3) is 0 Å². The maximum atomic E-state index is 13.4. The maximum absolute atomic E-state index is 13.4. The van der Waals surface area contributed by atoms with Crippen LogP contribution in [0.4, 0.5) is 17.6 Å². The summed E-state index contributed by atoms with van der Waals surface area (Å²) >= 11 is 0. The number of likely N-dealkylation sites (tertiary alicyclic amines) is 1. The van der Waals surface area contributed by atoms with Crippen LogP contribution in [-0.2, 0) is 35.8 Å². The van der Waals surface area contributed by atoms with Crippen molar-refractivity contribution >= 4 is 5.97 Å². The number of alkyl halides is 3. The Kier molecular flexibility index (Phi) is 6.82. The number of ether oxygens (including phenoxy) is 1. The van der Waals surface area contributed by atoms with Crippen LogP contribution in [0.1, 0.15) is 30.7 Å². The molecule has 1 aliphatic carbocycles. The maximum Gasteiger partial charge on any atom is 0.490 e. The summed E-state index contributed by atoms with van der Waals surface area (Å²) in [6, 6.07) is 6.59. The topological polar surface area (TPSA) is 107 Å². The van der Waals surface area contributed by atoms with Crippen LogP contribution < -0.4 is 11.1 Å². The molecule has 2 aromatic rings. The second-order valence-corrected chi connectivity index (χ2v) is 9.10. The zero-order chi connectivity index (χ0) is 25.4. The SMILES string of the molecule is O=C(O)C(F)(F)F.O=c1c(=O)n2c(nn1CC1CC1)COC1(CCN(Cc3cccc(F)c3)C1)C2. The molecule has 13 heteroatoms. The Morgan fingerprint density at radius 3 is 2.54 bits per heavy atom. The number of hydrogen-bond acceptors (Lipinski definition) is 6. The predicted octanol–water partition coefficient (Wildman–Crippen LogP) is 1.76. The fourth-order valence-electron chi connectivity index (χ4n) is 4.27. The number of benzene rings is 1. The lowest BCUT2D eigenvalue weighted by Crippen LogP contribution is -2.53. The summed E-state index contributed by atoms with van der Waals surface area (Å²) in [6.45, 7) is 3.16. The van der Waals surface area contributed by atoms with Crippen molar-refractivity contribution in [2.24, 2.45) is 5.92 Å². The van der Waals surface area contributed by atoms with E-state index in [1.54, 1.807) is 12.1 Å². The third-order valence-corrected chi connectivity index (χ3v) is 6.23. The highest BCUT2D eigenvalue weighted by molar-refractivity contribution is 5.73. The third kappa shape index (κ3) is 5.96. The van der Waals surface area contributed by atoms with Crippen molar-refractivity contribution < 1.29 is 32.2 Å². The monoisotopic (exact) mass is 500 g/mol. The number of halogens is 4. The van der Waals surface area contributed by atoms with E-state index >= 15 is 0 Å². The molecule has 1 aromatic heterocycles. The first-order valence-corrected chi connectivity index (χ1v) is 11.1. The van der Waals surface area contributed by atoms with E-state index < -0.39 is 28.9 Å². The van der Waals surface area contributed by atoms with E-state index in [1.807, 2.05) is 6.07 Å². The third-order valence-electron chi connectivity index (χ3n) is 6.23. The van der Waals surface area contributed by atoms with Crippen LogP contribution in [-0.4, -0.2) is 55.2 Å². The minimum atomic E-state index is -5.08. The number of aromatic nitrogens is 3. The largest absolute Gasteiger partial charge is 0.490 e. The first-order valence-electron chi connectivity index (χ1n) is 11.1. The molecule has 35 heavy (non-hydrogen) atoms. The van der Waals surface area contributed by atoms with Crippen LogP contribution in [0.15, 0.2) is 33.9 Å². The van der Waals surface area contributed by atoms with E-state index in [1.165, 1.54) is 15.3 Å². The molecule has 1 N–H and O–H groups in total. The van der Waals surface area contributed by atoms with Crippen LogP contribution in [0.3, 0.4) is 0 Å². The summed E-state index contributed by atoms with van der Waals surface area (Å²) in [6.07, 6.45) is -2.14. The van der Waals surface area contributed by atoms with Gasteiger partial charge in [-0.2, -0.15) is 18.3 Å². The predicted molar refractivity (Wildman–Crippen MR) is 113 cm³/mol. The summed E-state index contributed by atoms with van der Waals surface area (Å²) < 4.78 is 54.1. The van der Waals surface area contributed by atoms with Gasteiger partial charge in [-0.05, 0) is 42.9 Å². The van der Waals surface area contributed by atoms with E-state index in [0.29, 0.717) is 37.9 Å². The average molecular weight is 500 g/mol. The Bertz CT molecular complexity index is 1220. The average Bonchev–Trinajstić information content (AvgIpc) is 3.53. The van der Waals surface area contributed by atoms with E-state index in [2.05, 4.69) is 10.00 Å². The molecule has 0 radical (unpaired) electrons. The highest BCUT2D eigenvalue weighted by atomic mass is 19.4. The Morgan fingerprint density at radius 1 is 1.20 bits per heavy atom. The molecule has 1 spiro atoms. The second-order valence-electron chi connectivity index (χ2n) is 9.10. The molecule has 190 valence electrons. The first kappa shape index (κ1) is 25.0. The lowest BCUT2D eigenvalue weighted by Gasteiger charge is -2.35. The van der Waals surface area contributed by atoms with Crippen molar-refractivity contribution in [1.29, 1.82) is 0 Å². The molecular weight excluding hydrogens is 476 g/mol. The Morgan fingerprint density at radius 2 is 1.91 bits per heavy atom. The molecule has 0 amide bonds. The zero-order valence-corrected chi connectivity index (χ0v) is 18.6. The quantitative estimate of drug-likeness (QED) is 0.504. The summed E-state index contributed by atoms with van der Waals surface area (Å²) in [5, 5.41) is 11.5. The van der Waals surface area contributed by atoms with E-state index in [0.717, 1.165) is 31.4 Å². The van der Waals surface area contributed by atoms with Crippen molar-refractivity contribution in [3.05, 3.63) is 62.2 Å². The number of carbonyl (C=O) groups is 1. The number of hydrogen-bond donors (Lipinski definition) is 1. The van der Waals surface area contributed by atoms with Gasteiger partial charge in [0.15, 0.2) is 5.82 Å². The van der Waals surface area contributed by atoms with Crippen LogP contribution in [0.25, 0.3) is 0 Å². The van der Waals surface area contributed by atoms with Crippen molar-refractivity contribution in [3.8, 4) is 0 Å². The second kappa shape index (κ2) is 9.53. The number of aliphatic carboxylic acids is 1. The number of fused-ring (bicyclic) bond motifs is 1. The van der Waals surface area contributed by atoms with Gasteiger partial charge < -0.3 is 9.84 Å².